The van der Waals surface area contributed by atoms with E-state index in [4.69, 9.17) is 4.74 Å². The number of carbonyl (C=O) groups excluding carboxylic acids is 1. The SMILES string of the molecule is COc1ccc2c(c1)C(C)=CC(C)(C)N2C(=O)CSc1nc(C)cc(=O)[nH]1. The first kappa shape index (κ1) is 19.2. The van der Waals surface area contributed by atoms with Gasteiger partial charge in [0.1, 0.15) is 5.75 Å². The fourth-order valence-electron chi connectivity index (χ4n) is 3.41. The third-order valence-corrected chi connectivity index (χ3v) is 5.30. The van der Waals surface area contributed by atoms with E-state index in [1.54, 1.807) is 18.9 Å². The Balaban J connectivity index is 1.90. The number of H-pyrrole nitrogens is 1. The van der Waals surface area contributed by atoms with Crippen LogP contribution in [0.3, 0.4) is 0 Å². The summed E-state index contributed by atoms with van der Waals surface area (Å²) in [7, 11) is 1.63. The molecule has 1 aromatic heterocycles. The molecule has 0 fully saturated rings. The largest absolute Gasteiger partial charge is 0.497 e. The zero-order valence-electron chi connectivity index (χ0n) is 16.1. The van der Waals surface area contributed by atoms with Gasteiger partial charge in [0, 0.05) is 17.3 Å². The molecule has 1 aliphatic heterocycles. The zero-order valence-corrected chi connectivity index (χ0v) is 16.9. The highest BCUT2D eigenvalue weighted by Gasteiger charge is 2.35. The third kappa shape index (κ3) is 3.93. The normalized spacial score (nSPS) is 15.1. The summed E-state index contributed by atoms with van der Waals surface area (Å²) in [5.74, 6) is 0.877. The molecule has 0 aliphatic carbocycles. The molecule has 0 spiro atoms. The summed E-state index contributed by atoms with van der Waals surface area (Å²) < 4.78 is 5.33. The number of nitrogens with zero attached hydrogens (tertiary/aromatic N) is 2. The average molecular weight is 385 g/mol. The molecule has 6 nitrogen and oxygen atoms in total. The molecule has 0 saturated carbocycles. The van der Waals surface area contributed by atoms with E-state index in [1.807, 2.05) is 39.0 Å². The summed E-state index contributed by atoms with van der Waals surface area (Å²) in [6, 6.07) is 7.16. The van der Waals surface area contributed by atoms with Crippen molar-refractivity contribution in [3.05, 3.63) is 52.0 Å². The Kier molecular flexibility index (Phi) is 5.15. The van der Waals surface area contributed by atoms with Crippen LogP contribution in [0.2, 0.25) is 0 Å². The van der Waals surface area contributed by atoms with Crippen LogP contribution in [0.4, 0.5) is 5.69 Å². The Morgan fingerprint density at radius 2 is 2.04 bits per heavy atom. The standard InChI is InChI=1S/C20H23N3O3S/c1-12-10-20(3,4)23(16-7-6-14(26-5)9-15(12)16)18(25)11-27-19-21-13(2)8-17(24)22-19/h6-10H,11H2,1-5H3,(H,21,22,24). The van der Waals surface area contributed by atoms with E-state index in [0.29, 0.717) is 10.9 Å². The molecule has 3 rings (SSSR count). The number of anilines is 1. The molecule has 7 heteroatoms. The van der Waals surface area contributed by atoms with Crippen LogP contribution in [0, 0.1) is 6.92 Å². The van der Waals surface area contributed by atoms with Gasteiger partial charge in [-0.3, -0.25) is 9.59 Å². The first-order chi connectivity index (χ1) is 12.7. The van der Waals surface area contributed by atoms with E-state index in [2.05, 4.69) is 16.0 Å². The van der Waals surface area contributed by atoms with E-state index in [9.17, 15) is 9.59 Å². The zero-order chi connectivity index (χ0) is 19.8. The van der Waals surface area contributed by atoms with E-state index >= 15 is 0 Å². The number of aromatic nitrogens is 2. The minimum Gasteiger partial charge on any atom is -0.497 e. The van der Waals surface area contributed by atoms with Crippen molar-refractivity contribution in [2.45, 2.75) is 38.4 Å². The molecule has 142 valence electrons. The topological polar surface area (TPSA) is 75.3 Å². The molecule has 0 saturated heterocycles. The number of methoxy groups -OCH3 is 1. The number of rotatable bonds is 4. The van der Waals surface area contributed by atoms with E-state index in [1.165, 1.54) is 17.8 Å². The number of allylic oxidation sites excluding steroid dienone is 1. The molecule has 0 bridgehead atoms. The third-order valence-electron chi connectivity index (χ3n) is 4.45. The number of hydrogen-bond donors (Lipinski definition) is 1. The Morgan fingerprint density at radius 3 is 2.70 bits per heavy atom. The van der Waals surface area contributed by atoms with Crippen molar-refractivity contribution in [1.82, 2.24) is 9.97 Å². The fraction of sp³-hybridized carbons (Fsp3) is 0.350. The predicted octanol–water partition coefficient (Wildman–Crippen LogP) is 3.41. The Labute approximate surface area is 162 Å². The second-order valence-electron chi connectivity index (χ2n) is 7.07. The second kappa shape index (κ2) is 7.23. The molecule has 1 amide bonds. The second-order valence-corrected chi connectivity index (χ2v) is 8.04. The van der Waals surface area contributed by atoms with Crippen molar-refractivity contribution >= 4 is 28.9 Å². The van der Waals surface area contributed by atoms with Gasteiger partial charge in [-0.05, 0) is 51.5 Å². The van der Waals surface area contributed by atoms with Gasteiger partial charge in [-0.1, -0.05) is 17.8 Å². The van der Waals surface area contributed by atoms with Crippen LogP contribution in [0.15, 0.2) is 40.3 Å². The number of ether oxygens (including phenoxy) is 1. The van der Waals surface area contributed by atoms with Crippen LogP contribution in [-0.2, 0) is 4.79 Å². The predicted molar refractivity (Wildman–Crippen MR) is 109 cm³/mol. The number of nitrogens with one attached hydrogen (secondary N) is 1. The van der Waals surface area contributed by atoms with Crippen molar-refractivity contribution < 1.29 is 9.53 Å². The summed E-state index contributed by atoms with van der Waals surface area (Å²) in [4.78, 5) is 33.4. The maximum Gasteiger partial charge on any atom is 0.251 e. The minimum atomic E-state index is -0.462. The summed E-state index contributed by atoms with van der Waals surface area (Å²) in [6.07, 6.45) is 2.09. The highest BCUT2D eigenvalue weighted by molar-refractivity contribution is 7.99. The lowest BCUT2D eigenvalue weighted by Crippen LogP contribution is -2.49. The van der Waals surface area contributed by atoms with Gasteiger partial charge in [-0.25, -0.2) is 4.98 Å². The lowest BCUT2D eigenvalue weighted by Gasteiger charge is -2.41. The molecule has 1 N–H and O–H groups in total. The maximum absolute atomic E-state index is 13.1. The number of benzene rings is 1. The van der Waals surface area contributed by atoms with Gasteiger partial charge in [-0.2, -0.15) is 0 Å². The lowest BCUT2D eigenvalue weighted by molar-refractivity contribution is -0.116. The van der Waals surface area contributed by atoms with E-state index in [0.717, 1.165) is 22.6 Å². The maximum atomic E-state index is 13.1. The van der Waals surface area contributed by atoms with Crippen molar-refractivity contribution in [3.8, 4) is 5.75 Å². The number of thioether (sulfide) groups is 1. The number of aryl methyl sites for hydroxylation is 1. The van der Waals surface area contributed by atoms with Crippen molar-refractivity contribution in [2.24, 2.45) is 0 Å². The van der Waals surface area contributed by atoms with Crippen molar-refractivity contribution in [3.63, 3.8) is 0 Å². The Bertz CT molecular complexity index is 979. The van der Waals surface area contributed by atoms with Crippen LogP contribution in [0.25, 0.3) is 5.57 Å². The van der Waals surface area contributed by atoms with Crippen LogP contribution in [0.1, 0.15) is 32.0 Å². The molecule has 0 radical (unpaired) electrons. The van der Waals surface area contributed by atoms with Crippen molar-refractivity contribution in [1.29, 1.82) is 0 Å². The Hall–Kier alpha value is -2.54. The molecule has 1 aliphatic rings. The molecule has 2 heterocycles. The average Bonchev–Trinajstić information content (AvgIpc) is 2.58. The van der Waals surface area contributed by atoms with Gasteiger partial charge in [0.15, 0.2) is 5.16 Å². The van der Waals surface area contributed by atoms with Crippen LogP contribution in [0.5, 0.6) is 5.75 Å². The Morgan fingerprint density at radius 1 is 1.30 bits per heavy atom. The number of carbonyl (C=O) groups is 1. The summed E-state index contributed by atoms with van der Waals surface area (Å²) in [6.45, 7) is 7.82. The van der Waals surface area contributed by atoms with Gasteiger partial charge in [0.25, 0.3) is 5.56 Å². The van der Waals surface area contributed by atoms with Gasteiger partial charge in [0.05, 0.1) is 24.1 Å². The molecule has 0 atom stereocenters. The summed E-state index contributed by atoms with van der Waals surface area (Å²) >= 11 is 1.23. The van der Waals surface area contributed by atoms with Crippen molar-refractivity contribution in [2.75, 3.05) is 17.8 Å². The van der Waals surface area contributed by atoms with Crippen LogP contribution < -0.4 is 15.2 Å². The first-order valence-corrected chi connectivity index (χ1v) is 9.61. The highest BCUT2D eigenvalue weighted by atomic mass is 32.2. The molecule has 1 aromatic carbocycles. The van der Waals surface area contributed by atoms with E-state index < -0.39 is 5.54 Å². The molecule has 2 aromatic rings. The summed E-state index contributed by atoms with van der Waals surface area (Å²) in [5, 5.41) is 0.449. The molecule has 27 heavy (non-hydrogen) atoms. The summed E-state index contributed by atoms with van der Waals surface area (Å²) in [5.41, 5.74) is 2.90. The lowest BCUT2D eigenvalue weighted by atomic mass is 9.88. The quantitative estimate of drug-likeness (QED) is 0.645. The number of amides is 1. The number of hydrogen-bond acceptors (Lipinski definition) is 5. The molecular formula is C20H23N3O3S. The first-order valence-electron chi connectivity index (χ1n) is 8.63. The van der Waals surface area contributed by atoms with E-state index in [-0.39, 0.29) is 17.2 Å². The van der Waals surface area contributed by atoms with Gasteiger partial charge in [0.2, 0.25) is 5.91 Å². The fourth-order valence-corrected chi connectivity index (χ4v) is 4.18. The smallest absolute Gasteiger partial charge is 0.251 e. The molecular weight excluding hydrogens is 362 g/mol. The number of aromatic amines is 1. The van der Waals surface area contributed by atoms with Crippen LogP contribution >= 0.6 is 11.8 Å². The molecule has 0 unspecified atom stereocenters. The van der Waals surface area contributed by atoms with Crippen LogP contribution in [-0.4, -0.2) is 34.3 Å². The monoisotopic (exact) mass is 385 g/mol. The van der Waals surface area contributed by atoms with Gasteiger partial charge < -0.3 is 14.6 Å². The van der Waals surface area contributed by atoms with Gasteiger partial charge in [-0.15, -0.1) is 0 Å². The highest BCUT2D eigenvalue weighted by Crippen LogP contribution is 2.40. The number of fused-ring (bicyclic) bond motifs is 1. The minimum absolute atomic E-state index is 0.0516. The van der Waals surface area contributed by atoms with Gasteiger partial charge >= 0.3 is 0 Å².